The molecule has 0 bridgehead atoms. The van der Waals surface area contributed by atoms with Crippen molar-refractivity contribution in [2.75, 3.05) is 5.75 Å². The van der Waals surface area contributed by atoms with Crippen LogP contribution in [0.4, 0.5) is 0 Å². The van der Waals surface area contributed by atoms with Crippen LogP contribution in [0.25, 0.3) is 0 Å². The first-order valence-corrected chi connectivity index (χ1v) is 3.96. The molecular weight excluding hydrogens is 136 g/mol. The zero-order chi connectivity index (χ0) is 6.91. The maximum absolute atomic E-state index is 10.6. The molecule has 0 aliphatic carbocycles. The maximum Gasteiger partial charge on any atom is 0.157 e. The summed E-state index contributed by atoms with van der Waals surface area (Å²) >= 11 is -1.13. The van der Waals surface area contributed by atoms with Gasteiger partial charge < -0.3 is 0 Å². The van der Waals surface area contributed by atoms with Crippen molar-refractivity contribution >= 4 is 11.1 Å². The van der Waals surface area contributed by atoms with Crippen molar-refractivity contribution in [3.63, 3.8) is 0 Å². The van der Waals surface area contributed by atoms with Crippen LogP contribution in [0, 0.1) is 12.3 Å². The molecule has 50 valence electrons. The Labute approximate surface area is 57.3 Å². The van der Waals surface area contributed by atoms with Crippen LogP contribution >= 0.6 is 0 Å². The smallest absolute Gasteiger partial charge is 0.157 e. The minimum atomic E-state index is -1.13. The second-order valence-corrected chi connectivity index (χ2v) is 3.40. The van der Waals surface area contributed by atoms with Gasteiger partial charge in [0.25, 0.3) is 0 Å². The molecule has 0 aromatic carbocycles. The van der Waals surface area contributed by atoms with E-state index in [9.17, 15) is 4.21 Å². The molecule has 2 atom stereocenters. The van der Waals surface area contributed by atoms with Gasteiger partial charge in [-0.2, -0.15) is 0 Å². The van der Waals surface area contributed by atoms with E-state index in [0.717, 1.165) is 0 Å². The Morgan fingerprint density at radius 3 is 2.78 bits per heavy atom. The molecule has 1 heterocycles. The summed E-state index contributed by atoms with van der Waals surface area (Å²) in [6.07, 6.45) is 5.83. The molecule has 1 aliphatic rings. The highest BCUT2D eigenvalue weighted by Crippen LogP contribution is 2.23. The van der Waals surface area contributed by atoms with E-state index in [4.69, 9.17) is 10.6 Å². The molecule has 3 heteroatoms. The Balaban J connectivity index is 2.68. The second kappa shape index (κ2) is 2.13. The van der Waals surface area contributed by atoms with E-state index < -0.39 is 16.7 Å². The van der Waals surface area contributed by atoms with Crippen molar-refractivity contribution in [1.82, 2.24) is 0 Å². The normalized spacial score (nSPS) is 42.4. The van der Waals surface area contributed by atoms with Crippen LogP contribution in [0.5, 0.6) is 0 Å². The Hall–Kier alpha value is -0.330. The lowest BCUT2D eigenvalue weighted by Crippen LogP contribution is -2.19. The summed E-state index contributed by atoms with van der Waals surface area (Å²) in [5.41, 5.74) is -0.565. The fourth-order valence-electron chi connectivity index (χ4n) is 0.663. The summed E-state index contributed by atoms with van der Waals surface area (Å²) in [7, 11) is 0. The first-order chi connectivity index (χ1) is 4.16. The lowest BCUT2D eigenvalue weighted by atomic mass is 10.1. The van der Waals surface area contributed by atoms with Crippen molar-refractivity contribution in [2.45, 2.75) is 18.9 Å². The minimum Gasteiger partial charge on any atom is -0.271 e. The number of hydrogen-bond acceptors (Lipinski definition) is 2. The van der Waals surface area contributed by atoms with Gasteiger partial charge in [0.05, 0.1) is 5.75 Å². The first kappa shape index (κ1) is 6.79. The molecule has 2 unspecified atom stereocenters. The van der Waals surface area contributed by atoms with E-state index in [1.807, 2.05) is 0 Å². The lowest BCUT2D eigenvalue weighted by Gasteiger charge is -2.10. The number of rotatable bonds is 0. The van der Waals surface area contributed by atoms with E-state index >= 15 is 0 Å². The fourth-order valence-corrected chi connectivity index (χ4v) is 1.84. The van der Waals surface area contributed by atoms with Crippen LogP contribution in [0.15, 0.2) is 0 Å². The average molecular weight is 144 g/mol. The predicted molar refractivity (Wildman–Crippen MR) is 35.9 cm³/mol. The zero-order valence-electron chi connectivity index (χ0n) is 5.22. The molecule has 0 aromatic rings. The number of hydrogen-bond donors (Lipinski definition) is 0. The van der Waals surface area contributed by atoms with E-state index in [0.29, 0.717) is 12.2 Å². The summed E-state index contributed by atoms with van der Waals surface area (Å²) in [4.78, 5) is 0. The highest BCUT2D eigenvalue weighted by atomic mass is 32.2. The van der Waals surface area contributed by atoms with Crippen LogP contribution in [-0.2, 0) is 15.3 Å². The minimum absolute atomic E-state index is 0.565. The van der Waals surface area contributed by atoms with Gasteiger partial charge in [0.1, 0.15) is 5.60 Å². The van der Waals surface area contributed by atoms with Gasteiger partial charge in [-0.3, -0.25) is 4.18 Å². The Morgan fingerprint density at radius 2 is 2.56 bits per heavy atom. The van der Waals surface area contributed by atoms with Gasteiger partial charge in [-0.1, -0.05) is 5.92 Å². The Bertz CT molecular complexity index is 182. The van der Waals surface area contributed by atoms with Crippen molar-refractivity contribution in [2.24, 2.45) is 0 Å². The summed E-state index contributed by atoms with van der Waals surface area (Å²) in [6.45, 7) is 1.78. The summed E-state index contributed by atoms with van der Waals surface area (Å²) in [5, 5.41) is 0. The Morgan fingerprint density at radius 1 is 1.89 bits per heavy atom. The third kappa shape index (κ3) is 1.32. The van der Waals surface area contributed by atoms with E-state index in [-0.39, 0.29) is 0 Å². The molecule has 9 heavy (non-hydrogen) atoms. The SMILES string of the molecule is C#CC1(C)CCS(=O)O1. The van der Waals surface area contributed by atoms with E-state index in [1.54, 1.807) is 6.92 Å². The first-order valence-electron chi connectivity index (χ1n) is 2.72. The van der Waals surface area contributed by atoms with Crippen molar-refractivity contribution in [3.8, 4) is 12.3 Å². The molecular formula is C6H8O2S. The van der Waals surface area contributed by atoms with Crippen LogP contribution in [0.3, 0.4) is 0 Å². The van der Waals surface area contributed by atoms with Gasteiger partial charge >= 0.3 is 0 Å². The zero-order valence-corrected chi connectivity index (χ0v) is 6.03. The highest BCUT2D eigenvalue weighted by molar-refractivity contribution is 7.80. The van der Waals surface area contributed by atoms with Gasteiger partial charge in [-0.25, -0.2) is 4.21 Å². The third-order valence-electron chi connectivity index (χ3n) is 1.33. The molecule has 1 rings (SSSR count). The van der Waals surface area contributed by atoms with Crippen molar-refractivity contribution in [1.29, 1.82) is 0 Å². The number of terminal acetylenes is 1. The summed E-state index contributed by atoms with van der Waals surface area (Å²) < 4.78 is 15.5. The molecule has 2 nitrogen and oxygen atoms in total. The molecule has 0 amide bonds. The van der Waals surface area contributed by atoms with Gasteiger partial charge in [0.2, 0.25) is 0 Å². The van der Waals surface area contributed by atoms with Gasteiger partial charge in [-0.15, -0.1) is 6.42 Å². The summed E-state index contributed by atoms with van der Waals surface area (Å²) in [5.74, 6) is 3.03. The Kier molecular flexibility index (Phi) is 1.60. The topological polar surface area (TPSA) is 26.3 Å². The fraction of sp³-hybridized carbons (Fsp3) is 0.667. The molecule has 1 aliphatic heterocycles. The highest BCUT2D eigenvalue weighted by Gasteiger charge is 2.32. The second-order valence-electron chi connectivity index (χ2n) is 2.22. The molecule has 0 aromatic heterocycles. The van der Waals surface area contributed by atoms with Crippen LogP contribution in [0.1, 0.15) is 13.3 Å². The maximum atomic E-state index is 10.6. The molecule has 0 saturated carbocycles. The lowest BCUT2D eigenvalue weighted by molar-refractivity contribution is 0.196. The average Bonchev–Trinajstić information content (AvgIpc) is 2.13. The quantitative estimate of drug-likeness (QED) is 0.462. The van der Waals surface area contributed by atoms with Crippen molar-refractivity contribution in [3.05, 3.63) is 0 Å². The largest absolute Gasteiger partial charge is 0.271 e. The van der Waals surface area contributed by atoms with Crippen LogP contribution in [0.2, 0.25) is 0 Å². The molecule has 0 radical (unpaired) electrons. The van der Waals surface area contributed by atoms with E-state index in [1.165, 1.54) is 0 Å². The molecule has 1 saturated heterocycles. The molecule has 1 fully saturated rings. The third-order valence-corrected chi connectivity index (χ3v) is 2.42. The van der Waals surface area contributed by atoms with Crippen LogP contribution in [-0.4, -0.2) is 15.6 Å². The van der Waals surface area contributed by atoms with Gasteiger partial charge in [0, 0.05) is 6.42 Å². The van der Waals surface area contributed by atoms with Gasteiger partial charge in [-0.05, 0) is 6.92 Å². The monoisotopic (exact) mass is 144 g/mol. The standard InChI is InChI=1S/C6H8O2S/c1-3-6(2)4-5-9(7)8-6/h1H,4-5H2,2H3. The van der Waals surface area contributed by atoms with Gasteiger partial charge in [0.15, 0.2) is 11.1 Å². The van der Waals surface area contributed by atoms with E-state index in [2.05, 4.69) is 5.92 Å². The van der Waals surface area contributed by atoms with Crippen LogP contribution < -0.4 is 0 Å². The summed E-state index contributed by atoms with van der Waals surface area (Å²) in [6, 6.07) is 0. The van der Waals surface area contributed by atoms with Crippen molar-refractivity contribution < 1.29 is 8.39 Å². The molecule has 0 spiro atoms. The predicted octanol–water partition coefficient (Wildman–Crippen LogP) is 0.462. The molecule has 0 N–H and O–H groups in total.